The van der Waals surface area contributed by atoms with E-state index in [9.17, 15) is 19.5 Å². The monoisotopic (exact) mass is 828 g/mol. The van der Waals surface area contributed by atoms with Crippen LogP contribution in [-0.2, 0) is 45.1 Å². The fourth-order valence-corrected chi connectivity index (χ4v) is 8.07. The quantitative estimate of drug-likeness (QED) is 0.0615. The maximum absolute atomic E-state index is 15.7. The zero-order valence-corrected chi connectivity index (χ0v) is 35.4. The lowest BCUT2D eigenvalue weighted by atomic mass is 9.81. The molecule has 6 aromatic rings. The average molecular weight is 829 g/mol. The van der Waals surface area contributed by atoms with Crippen LogP contribution in [-0.4, -0.2) is 88.0 Å². The Labute approximate surface area is 355 Å². The summed E-state index contributed by atoms with van der Waals surface area (Å²) in [5, 5.41) is 38.0. The maximum atomic E-state index is 15.7. The van der Waals surface area contributed by atoms with Gasteiger partial charge in [-0.2, -0.15) is 0 Å². The topological polar surface area (TPSA) is 211 Å². The number of tetrazole rings is 1. The summed E-state index contributed by atoms with van der Waals surface area (Å²) in [4.78, 5) is 66.2. The molecular weight excluding hydrogens is 773 g/mol. The molecule has 320 valence electrons. The van der Waals surface area contributed by atoms with Gasteiger partial charge in [-0.05, 0) is 61.4 Å². The molecule has 15 heteroatoms. The molecule has 0 saturated heterocycles. The molecule has 4 aromatic carbocycles. The minimum absolute atomic E-state index is 0.00867. The molecule has 2 aromatic heterocycles. The summed E-state index contributed by atoms with van der Waals surface area (Å²) in [6.07, 6.45) is 2.57. The smallest absolute Gasteiger partial charge is 0.247 e. The van der Waals surface area contributed by atoms with E-state index in [2.05, 4.69) is 46.5 Å². The molecule has 0 spiro atoms. The summed E-state index contributed by atoms with van der Waals surface area (Å²) in [7, 11) is 0. The van der Waals surface area contributed by atoms with Crippen LogP contribution in [0.15, 0.2) is 97.5 Å². The first kappa shape index (κ1) is 44.1. The van der Waals surface area contributed by atoms with Gasteiger partial charge in [0.15, 0.2) is 5.82 Å². The van der Waals surface area contributed by atoms with Gasteiger partial charge < -0.3 is 30.9 Å². The highest BCUT2D eigenvalue weighted by atomic mass is 16.3. The first-order chi connectivity index (χ1) is 29.4. The van der Waals surface area contributed by atoms with Crippen LogP contribution in [0.2, 0.25) is 0 Å². The van der Waals surface area contributed by atoms with Gasteiger partial charge in [-0.3, -0.25) is 19.2 Å². The van der Waals surface area contributed by atoms with Crippen molar-refractivity contribution in [2.75, 3.05) is 0 Å². The van der Waals surface area contributed by atoms with Crippen molar-refractivity contribution in [1.29, 1.82) is 0 Å². The molecule has 6 rings (SSSR count). The first-order valence-corrected chi connectivity index (χ1v) is 20.9. The summed E-state index contributed by atoms with van der Waals surface area (Å²) >= 11 is 0. The van der Waals surface area contributed by atoms with Crippen molar-refractivity contribution >= 4 is 45.2 Å². The second-order valence-electron chi connectivity index (χ2n) is 16.3. The molecule has 0 radical (unpaired) electrons. The summed E-state index contributed by atoms with van der Waals surface area (Å²) in [6.45, 7) is 9.31. The number of H-pyrrole nitrogens is 2. The van der Waals surface area contributed by atoms with Gasteiger partial charge in [0, 0.05) is 32.5 Å². The molecule has 15 nitrogen and oxygen atoms in total. The summed E-state index contributed by atoms with van der Waals surface area (Å²) in [5.41, 5.74) is 0.687. The zero-order valence-electron chi connectivity index (χ0n) is 35.4. The number of aromatic amines is 2. The molecule has 0 aliphatic carbocycles. The lowest BCUT2D eigenvalue weighted by Gasteiger charge is -2.44. The molecule has 0 aliphatic rings. The third-order valence-electron chi connectivity index (χ3n) is 11.5. The van der Waals surface area contributed by atoms with Crippen LogP contribution < -0.4 is 16.0 Å². The van der Waals surface area contributed by atoms with Crippen molar-refractivity contribution in [1.82, 2.24) is 51.4 Å². The number of nitrogens with one attached hydrogen (secondary N) is 5. The highest BCUT2D eigenvalue weighted by molar-refractivity contribution is 5.94. The Hall–Kier alpha value is -6.48. The number of aliphatic hydroxyl groups is 1. The van der Waals surface area contributed by atoms with E-state index in [1.54, 1.807) is 17.4 Å². The molecular formula is C46H56N10O5. The zero-order chi connectivity index (χ0) is 43.5. The number of benzene rings is 4. The highest BCUT2D eigenvalue weighted by Gasteiger charge is 2.48. The van der Waals surface area contributed by atoms with Gasteiger partial charge in [0.1, 0.15) is 11.6 Å². The van der Waals surface area contributed by atoms with Gasteiger partial charge in [-0.1, -0.05) is 119 Å². The number of fused-ring (bicyclic) bond motifs is 2. The molecule has 4 amide bonds. The predicted molar refractivity (Wildman–Crippen MR) is 232 cm³/mol. The Kier molecular flexibility index (Phi) is 14.6. The van der Waals surface area contributed by atoms with Crippen LogP contribution in [0.5, 0.6) is 0 Å². The Bertz CT molecular complexity index is 2390. The second kappa shape index (κ2) is 20.2. The molecule has 0 saturated carbocycles. The average Bonchev–Trinajstić information content (AvgIpc) is 3.98. The fourth-order valence-electron chi connectivity index (χ4n) is 8.07. The number of hydrogen-bond acceptors (Lipinski definition) is 9. The third kappa shape index (κ3) is 10.8. The fraction of sp³-hybridized carbons (Fsp3) is 0.391. The van der Waals surface area contributed by atoms with Crippen LogP contribution >= 0.6 is 0 Å². The van der Waals surface area contributed by atoms with Crippen LogP contribution in [0, 0.1) is 11.8 Å². The third-order valence-corrected chi connectivity index (χ3v) is 11.5. The summed E-state index contributed by atoms with van der Waals surface area (Å²) in [5.74, 6) is -1.70. The Morgan fingerprint density at radius 2 is 1.51 bits per heavy atom. The van der Waals surface area contributed by atoms with Crippen LogP contribution in [0.1, 0.15) is 76.5 Å². The van der Waals surface area contributed by atoms with Gasteiger partial charge in [0.05, 0.1) is 37.1 Å². The highest BCUT2D eigenvalue weighted by Crippen LogP contribution is 2.33. The standard InChI is InChI=1S/C46H56N10O5/c1-6-30(4)43(44(60)48-26-41-52-54-55-53-41)51-42(59)22-40(58)39(21-29(2)3)50-45(61)46(24-36-25-47-28-49-36,23-34-17-11-15-32-13-7-9-19-37(32)34)56(31(5)57)27-35-18-12-16-33-14-8-10-20-38(33)35/h7-20,25,28-30,39-40,43,58H,6,21-24,26-27H2,1-5H3,(H,47,49)(H,48,60)(H,50,61)(H,51,59)(H,52,53,54,55)/t30-,39-,40-,43-,46-/m0/s1. The van der Waals surface area contributed by atoms with E-state index >= 15 is 4.79 Å². The first-order valence-electron chi connectivity index (χ1n) is 20.9. The van der Waals surface area contributed by atoms with Crippen LogP contribution in [0.4, 0.5) is 0 Å². The van der Waals surface area contributed by atoms with Crippen molar-refractivity contribution in [3.63, 3.8) is 0 Å². The molecule has 0 bridgehead atoms. The Morgan fingerprint density at radius 3 is 2.11 bits per heavy atom. The largest absolute Gasteiger partial charge is 0.390 e. The molecule has 6 N–H and O–H groups in total. The summed E-state index contributed by atoms with van der Waals surface area (Å²) in [6, 6.07) is 25.9. The van der Waals surface area contributed by atoms with E-state index in [4.69, 9.17) is 0 Å². The van der Waals surface area contributed by atoms with Crippen molar-refractivity contribution in [3.8, 4) is 0 Å². The van der Waals surface area contributed by atoms with Crippen LogP contribution in [0.3, 0.4) is 0 Å². The van der Waals surface area contributed by atoms with E-state index in [-0.39, 0.29) is 43.7 Å². The molecule has 2 heterocycles. The van der Waals surface area contributed by atoms with E-state index in [0.29, 0.717) is 24.4 Å². The predicted octanol–water partition coefficient (Wildman–Crippen LogP) is 4.93. The van der Waals surface area contributed by atoms with Gasteiger partial charge >= 0.3 is 0 Å². The normalized spacial score (nSPS) is 14.5. The van der Waals surface area contributed by atoms with Gasteiger partial charge in [0.2, 0.25) is 23.6 Å². The van der Waals surface area contributed by atoms with E-state index in [1.165, 1.54) is 6.92 Å². The number of carbonyl (C=O) groups excluding carboxylic acids is 4. The molecule has 0 fully saturated rings. The molecule has 0 unspecified atom stereocenters. The Balaban J connectivity index is 1.37. The van der Waals surface area contributed by atoms with E-state index < -0.39 is 47.9 Å². The lowest BCUT2D eigenvalue weighted by Crippen LogP contribution is -2.65. The lowest BCUT2D eigenvalue weighted by molar-refractivity contribution is -0.148. The number of aliphatic hydroxyl groups excluding tert-OH is 1. The number of hydrogen-bond donors (Lipinski definition) is 6. The van der Waals surface area contributed by atoms with Crippen molar-refractivity contribution < 1.29 is 24.3 Å². The number of amides is 4. The number of nitrogens with zero attached hydrogens (tertiary/aromatic N) is 5. The number of aromatic nitrogens is 6. The van der Waals surface area contributed by atoms with Crippen LogP contribution in [0.25, 0.3) is 21.5 Å². The second-order valence-corrected chi connectivity index (χ2v) is 16.3. The minimum atomic E-state index is -1.59. The van der Waals surface area contributed by atoms with Gasteiger partial charge in [0.25, 0.3) is 0 Å². The van der Waals surface area contributed by atoms with Gasteiger partial charge in [-0.25, -0.2) is 10.1 Å². The van der Waals surface area contributed by atoms with Crippen molar-refractivity contribution in [3.05, 3.63) is 120 Å². The number of imidazole rings is 1. The van der Waals surface area contributed by atoms with E-state index in [0.717, 1.165) is 32.7 Å². The number of carbonyl (C=O) groups is 4. The molecule has 5 atom stereocenters. The van der Waals surface area contributed by atoms with Crippen molar-refractivity contribution in [2.45, 2.75) is 104 Å². The summed E-state index contributed by atoms with van der Waals surface area (Å²) < 4.78 is 0. The number of rotatable bonds is 20. The minimum Gasteiger partial charge on any atom is -0.390 e. The SMILES string of the molecule is CC[C@H](C)[C@H](NC(=O)C[C@H](O)[C@H](CC(C)C)NC(=O)[C@@](Cc1c[nH]cn1)(Cc1cccc2ccccc12)N(Cc1cccc2ccccc12)C(C)=O)C(=O)NCc1nnn[nH]1. The Morgan fingerprint density at radius 1 is 0.852 bits per heavy atom. The van der Waals surface area contributed by atoms with E-state index in [1.807, 2.05) is 113 Å². The van der Waals surface area contributed by atoms with Crippen molar-refractivity contribution in [2.24, 2.45) is 11.8 Å². The van der Waals surface area contributed by atoms with Gasteiger partial charge in [-0.15, -0.1) is 5.10 Å². The molecule has 0 aliphatic heterocycles. The molecule has 61 heavy (non-hydrogen) atoms. The maximum Gasteiger partial charge on any atom is 0.247 e.